The van der Waals surface area contributed by atoms with Gasteiger partial charge in [-0.15, -0.1) is 0 Å². The SMILES string of the molecule is FC(F)(F)c1cc(C[N+]23CCC(CC2)CC3)cc(C(F)(F)F)c1.[I-]. The van der Waals surface area contributed by atoms with Crippen molar-refractivity contribution in [1.82, 2.24) is 0 Å². The van der Waals surface area contributed by atoms with Crippen molar-refractivity contribution in [2.24, 2.45) is 5.92 Å². The van der Waals surface area contributed by atoms with Gasteiger partial charge in [0.1, 0.15) is 6.54 Å². The van der Waals surface area contributed by atoms with E-state index < -0.39 is 23.5 Å². The van der Waals surface area contributed by atoms with Crippen molar-refractivity contribution in [3.8, 4) is 0 Å². The van der Waals surface area contributed by atoms with Gasteiger partial charge in [-0.25, -0.2) is 0 Å². The molecule has 2 bridgehead atoms. The molecule has 3 aliphatic heterocycles. The second-order valence-corrected chi connectivity index (χ2v) is 6.82. The number of fused-ring (bicyclic) bond motifs is 3. The monoisotopic (exact) mass is 465 g/mol. The molecule has 0 aromatic heterocycles. The highest BCUT2D eigenvalue weighted by Crippen LogP contribution is 2.39. The minimum absolute atomic E-state index is 0. The van der Waals surface area contributed by atoms with E-state index in [1.54, 1.807) is 0 Å². The van der Waals surface area contributed by atoms with E-state index in [4.69, 9.17) is 0 Å². The number of piperidine rings is 3. The zero-order chi connectivity index (χ0) is 16.9. The third kappa shape index (κ3) is 4.17. The highest BCUT2D eigenvalue weighted by Gasteiger charge is 2.41. The number of quaternary nitrogens is 1. The van der Waals surface area contributed by atoms with Gasteiger partial charge in [-0.3, -0.25) is 0 Å². The van der Waals surface area contributed by atoms with Crippen LogP contribution in [0.4, 0.5) is 26.3 Å². The Morgan fingerprint density at radius 3 is 1.58 bits per heavy atom. The van der Waals surface area contributed by atoms with E-state index in [-0.39, 0.29) is 42.2 Å². The molecule has 24 heavy (non-hydrogen) atoms. The van der Waals surface area contributed by atoms with Crippen molar-refractivity contribution in [3.63, 3.8) is 0 Å². The van der Waals surface area contributed by atoms with E-state index in [0.29, 0.717) is 10.4 Å². The van der Waals surface area contributed by atoms with Crippen LogP contribution >= 0.6 is 0 Å². The van der Waals surface area contributed by atoms with Crippen molar-refractivity contribution in [2.75, 3.05) is 19.6 Å². The summed E-state index contributed by atoms with van der Waals surface area (Å²) < 4.78 is 78.2. The van der Waals surface area contributed by atoms with Gasteiger partial charge in [-0.1, -0.05) is 0 Å². The van der Waals surface area contributed by atoms with Crippen LogP contribution in [0.1, 0.15) is 36.0 Å². The fraction of sp³-hybridized carbons (Fsp3) is 0.625. The van der Waals surface area contributed by atoms with Gasteiger partial charge in [0.15, 0.2) is 0 Å². The highest BCUT2D eigenvalue weighted by atomic mass is 127. The molecule has 0 N–H and O–H groups in total. The predicted octanol–water partition coefficient (Wildman–Crippen LogP) is 1.86. The summed E-state index contributed by atoms with van der Waals surface area (Å²) in [6.07, 6.45) is -6.49. The van der Waals surface area contributed by atoms with Gasteiger partial charge in [0.25, 0.3) is 0 Å². The third-order valence-electron chi connectivity index (χ3n) is 5.20. The summed E-state index contributed by atoms with van der Waals surface area (Å²) in [6, 6.07) is 1.96. The number of benzene rings is 1. The number of hydrogen-bond acceptors (Lipinski definition) is 0. The molecule has 0 atom stereocenters. The lowest BCUT2D eigenvalue weighted by Crippen LogP contribution is -3.00. The van der Waals surface area contributed by atoms with E-state index in [1.807, 2.05) is 0 Å². The second-order valence-electron chi connectivity index (χ2n) is 6.82. The van der Waals surface area contributed by atoms with Crippen molar-refractivity contribution in [2.45, 2.75) is 38.2 Å². The standard InChI is InChI=1S/C16H18F6N.HI/c17-15(18,19)13-7-12(8-14(9-13)16(20,21)22)10-23-4-1-11(2-5-23)3-6-23;/h7-9,11H,1-6,10H2;1H/q+1;/p-1. The summed E-state index contributed by atoms with van der Waals surface area (Å²) >= 11 is 0. The quantitative estimate of drug-likeness (QED) is 0.356. The Labute approximate surface area is 153 Å². The molecule has 3 aliphatic rings. The molecular weight excluding hydrogens is 447 g/mol. The van der Waals surface area contributed by atoms with Crippen LogP contribution in [0.15, 0.2) is 18.2 Å². The molecule has 1 aromatic carbocycles. The normalized spacial score (nSPS) is 27.0. The molecule has 3 fully saturated rings. The lowest BCUT2D eigenvalue weighted by Gasteiger charge is -2.49. The maximum absolute atomic E-state index is 12.9. The molecule has 1 aromatic rings. The highest BCUT2D eigenvalue weighted by molar-refractivity contribution is 5.33. The molecule has 4 rings (SSSR count). The summed E-state index contributed by atoms with van der Waals surface area (Å²) in [4.78, 5) is 0. The Balaban J connectivity index is 0.00000208. The summed E-state index contributed by atoms with van der Waals surface area (Å²) in [7, 11) is 0. The molecule has 8 heteroatoms. The largest absolute Gasteiger partial charge is 1.00 e. The lowest BCUT2D eigenvalue weighted by molar-refractivity contribution is -0.955. The summed E-state index contributed by atoms with van der Waals surface area (Å²) in [5.74, 6) is 0.683. The minimum atomic E-state index is -4.77. The van der Waals surface area contributed by atoms with Crippen molar-refractivity contribution >= 4 is 0 Å². The number of alkyl halides is 6. The van der Waals surface area contributed by atoms with Crippen LogP contribution in [0.25, 0.3) is 0 Å². The number of rotatable bonds is 2. The van der Waals surface area contributed by atoms with Crippen LogP contribution in [-0.2, 0) is 18.9 Å². The molecule has 1 nitrogen and oxygen atoms in total. The molecule has 0 aliphatic carbocycles. The van der Waals surface area contributed by atoms with E-state index in [0.717, 1.165) is 51.0 Å². The minimum Gasteiger partial charge on any atom is -1.00 e. The fourth-order valence-corrected chi connectivity index (χ4v) is 3.87. The first kappa shape index (κ1) is 19.8. The maximum atomic E-state index is 12.9. The first-order valence-electron chi connectivity index (χ1n) is 7.71. The molecular formula is C16H18F6IN. The Morgan fingerprint density at radius 1 is 0.792 bits per heavy atom. The van der Waals surface area contributed by atoms with Crippen molar-refractivity contribution < 1.29 is 54.8 Å². The van der Waals surface area contributed by atoms with Crippen LogP contribution in [0.3, 0.4) is 0 Å². The summed E-state index contributed by atoms with van der Waals surface area (Å²) in [5.41, 5.74) is -2.30. The summed E-state index contributed by atoms with van der Waals surface area (Å²) in [6.45, 7) is 2.80. The van der Waals surface area contributed by atoms with Gasteiger partial charge in [-0.2, -0.15) is 26.3 Å². The van der Waals surface area contributed by atoms with Gasteiger partial charge in [0.05, 0.1) is 30.8 Å². The van der Waals surface area contributed by atoms with Gasteiger partial charge in [0, 0.05) is 5.56 Å². The average molecular weight is 465 g/mol. The topological polar surface area (TPSA) is 0 Å². The molecule has 0 radical (unpaired) electrons. The second kappa shape index (κ2) is 6.66. The zero-order valence-electron chi connectivity index (χ0n) is 12.9. The maximum Gasteiger partial charge on any atom is 0.416 e. The third-order valence-corrected chi connectivity index (χ3v) is 5.20. The summed E-state index contributed by atoms with van der Waals surface area (Å²) in [5, 5.41) is 0. The molecule has 3 heterocycles. The smallest absolute Gasteiger partial charge is 0.416 e. The molecule has 0 saturated carbocycles. The molecule has 3 saturated heterocycles. The Hall–Kier alpha value is -0.510. The van der Waals surface area contributed by atoms with Crippen LogP contribution in [0, 0.1) is 5.92 Å². The van der Waals surface area contributed by atoms with Crippen LogP contribution < -0.4 is 24.0 Å². The van der Waals surface area contributed by atoms with Gasteiger partial charge < -0.3 is 28.5 Å². The van der Waals surface area contributed by atoms with E-state index in [9.17, 15) is 26.3 Å². The lowest BCUT2D eigenvalue weighted by atomic mass is 9.85. The zero-order valence-corrected chi connectivity index (χ0v) is 15.0. The molecule has 0 spiro atoms. The van der Waals surface area contributed by atoms with E-state index in [1.165, 1.54) is 0 Å². The van der Waals surface area contributed by atoms with Crippen LogP contribution in [0.2, 0.25) is 0 Å². The average Bonchev–Trinajstić information content (AvgIpc) is 2.46. The van der Waals surface area contributed by atoms with Gasteiger partial charge >= 0.3 is 12.4 Å². The number of halogens is 7. The van der Waals surface area contributed by atoms with E-state index in [2.05, 4.69) is 0 Å². The van der Waals surface area contributed by atoms with Gasteiger partial charge in [0.2, 0.25) is 0 Å². The number of nitrogens with zero attached hydrogens (tertiary/aromatic N) is 1. The Bertz CT molecular complexity index is 541. The van der Waals surface area contributed by atoms with Crippen LogP contribution in [-0.4, -0.2) is 24.1 Å². The molecule has 136 valence electrons. The van der Waals surface area contributed by atoms with E-state index >= 15 is 0 Å². The predicted molar refractivity (Wildman–Crippen MR) is 72.4 cm³/mol. The Kier molecular flexibility index (Phi) is 5.50. The molecule has 0 unspecified atom stereocenters. The Morgan fingerprint density at radius 2 is 1.21 bits per heavy atom. The first-order chi connectivity index (χ1) is 10.6. The van der Waals surface area contributed by atoms with Gasteiger partial charge in [-0.05, 0) is 43.4 Å². The van der Waals surface area contributed by atoms with Crippen molar-refractivity contribution in [1.29, 1.82) is 0 Å². The first-order valence-corrected chi connectivity index (χ1v) is 7.71. The molecule has 0 amide bonds. The number of hydrogen-bond donors (Lipinski definition) is 0. The van der Waals surface area contributed by atoms with Crippen LogP contribution in [0.5, 0.6) is 0 Å². The fourth-order valence-electron chi connectivity index (χ4n) is 3.87. The van der Waals surface area contributed by atoms with Crippen molar-refractivity contribution in [3.05, 3.63) is 34.9 Å².